The molecule has 1 N–H and O–H groups in total. The van der Waals surface area contributed by atoms with Crippen molar-refractivity contribution in [1.82, 2.24) is 15.2 Å². The van der Waals surface area contributed by atoms with E-state index in [4.69, 9.17) is 4.52 Å². The molecule has 2 aromatic heterocycles. The average Bonchev–Trinajstić information content (AvgIpc) is 3.21. The number of amidine groups is 1. The van der Waals surface area contributed by atoms with Gasteiger partial charge < -0.3 is 10.4 Å². The largest absolute Gasteiger partial charge is 0.846 e. The van der Waals surface area contributed by atoms with Gasteiger partial charge in [0.05, 0.1) is 11.6 Å². The van der Waals surface area contributed by atoms with Crippen LogP contribution in [0.2, 0.25) is 0 Å². The summed E-state index contributed by atoms with van der Waals surface area (Å²) in [5, 5.41) is 18.1. The number of benzene rings is 2. The van der Waals surface area contributed by atoms with Crippen molar-refractivity contribution in [1.29, 1.82) is 0 Å². The van der Waals surface area contributed by atoms with E-state index in [0.717, 1.165) is 34.5 Å². The Hall–Kier alpha value is -4.28. The molecular weight excluding hydrogens is 437 g/mol. The number of anilines is 1. The first-order valence-corrected chi connectivity index (χ1v) is 9.70. The van der Waals surface area contributed by atoms with E-state index in [2.05, 4.69) is 25.5 Å². The van der Waals surface area contributed by atoms with Crippen LogP contribution in [0.5, 0.6) is 0 Å². The molecule has 0 saturated heterocycles. The van der Waals surface area contributed by atoms with Gasteiger partial charge in [-0.15, -0.1) is 0 Å². The van der Waals surface area contributed by atoms with Crippen LogP contribution in [0, 0.1) is 6.92 Å². The molecule has 0 amide bonds. The molecule has 11 heteroatoms. The van der Waals surface area contributed by atoms with Crippen LogP contribution in [0.15, 0.2) is 76.8 Å². The second-order valence-corrected chi connectivity index (χ2v) is 7.08. The highest BCUT2D eigenvalue weighted by Gasteiger charge is 2.30. The minimum atomic E-state index is -4.51. The summed E-state index contributed by atoms with van der Waals surface area (Å²) >= 11 is 0. The van der Waals surface area contributed by atoms with Crippen LogP contribution in [0.3, 0.4) is 0 Å². The molecule has 33 heavy (non-hydrogen) atoms. The number of nitrogens with zero attached hydrogens (tertiary/aromatic N) is 5. The van der Waals surface area contributed by atoms with Crippen LogP contribution in [-0.4, -0.2) is 21.3 Å². The van der Waals surface area contributed by atoms with Gasteiger partial charge in [-0.1, -0.05) is 30.3 Å². The van der Waals surface area contributed by atoms with Gasteiger partial charge in [-0.2, -0.15) is 13.2 Å². The van der Waals surface area contributed by atoms with Gasteiger partial charge in [-0.05, 0) is 35.4 Å². The SMILES string of the molecule is Cc1ncncc1-c1ccc(C[n+]2cc(/N=C(\[O-])Nc3cccc(C(F)(F)F)c3)on2)cc1. The summed E-state index contributed by atoms with van der Waals surface area (Å²) in [6.07, 6.45) is 0.147. The molecule has 0 fully saturated rings. The molecule has 0 bridgehead atoms. The molecule has 0 saturated carbocycles. The molecule has 0 unspecified atom stereocenters. The number of alkyl halides is 3. The molecule has 4 rings (SSSR count). The summed E-state index contributed by atoms with van der Waals surface area (Å²) < 4.78 is 44.8. The second-order valence-electron chi connectivity index (χ2n) is 7.08. The predicted octanol–water partition coefficient (Wildman–Crippen LogP) is 3.25. The molecule has 0 aliphatic heterocycles. The molecular formula is C22H17F3N6O2. The highest BCUT2D eigenvalue weighted by Crippen LogP contribution is 2.30. The first-order valence-electron chi connectivity index (χ1n) is 9.70. The summed E-state index contributed by atoms with van der Waals surface area (Å²) in [6.45, 7) is 2.27. The maximum atomic E-state index is 12.8. The van der Waals surface area contributed by atoms with Gasteiger partial charge in [0.25, 0.3) is 6.20 Å². The van der Waals surface area contributed by atoms with Gasteiger partial charge in [0.2, 0.25) is 11.8 Å². The van der Waals surface area contributed by atoms with Crippen molar-refractivity contribution in [2.24, 2.45) is 4.99 Å². The Morgan fingerprint density at radius 1 is 1.18 bits per heavy atom. The first-order chi connectivity index (χ1) is 15.8. The lowest BCUT2D eigenvalue weighted by atomic mass is 10.0. The summed E-state index contributed by atoms with van der Waals surface area (Å²) in [6, 6.07) is 11.1. The van der Waals surface area contributed by atoms with Gasteiger partial charge in [0.15, 0.2) is 0 Å². The number of hydrogen-bond acceptors (Lipinski definition) is 6. The van der Waals surface area contributed by atoms with E-state index in [-0.39, 0.29) is 11.6 Å². The highest BCUT2D eigenvalue weighted by molar-refractivity contribution is 5.87. The van der Waals surface area contributed by atoms with Crippen LogP contribution in [-0.2, 0) is 12.7 Å². The molecule has 0 aliphatic carbocycles. The van der Waals surface area contributed by atoms with E-state index in [9.17, 15) is 18.3 Å². The second kappa shape index (κ2) is 9.07. The van der Waals surface area contributed by atoms with Crippen molar-refractivity contribution in [3.05, 3.63) is 84.1 Å². The highest BCUT2D eigenvalue weighted by atomic mass is 19.4. The van der Waals surface area contributed by atoms with E-state index in [1.165, 1.54) is 29.3 Å². The first kappa shape index (κ1) is 21.9. The van der Waals surface area contributed by atoms with Crippen molar-refractivity contribution in [3.8, 4) is 11.1 Å². The van der Waals surface area contributed by atoms with Crippen LogP contribution >= 0.6 is 0 Å². The third-order valence-corrected chi connectivity index (χ3v) is 4.67. The van der Waals surface area contributed by atoms with E-state index < -0.39 is 17.8 Å². The van der Waals surface area contributed by atoms with Gasteiger partial charge in [0.1, 0.15) is 6.33 Å². The number of aryl methyl sites for hydroxylation is 1. The predicted molar refractivity (Wildman–Crippen MR) is 110 cm³/mol. The number of aromatic nitrogens is 4. The number of halogens is 3. The van der Waals surface area contributed by atoms with Crippen LogP contribution < -0.4 is 15.1 Å². The van der Waals surface area contributed by atoms with E-state index in [0.29, 0.717) is 6.54 Å². The Bertz CT molecular complexity index is 1290. The van der Waals surface area contributed by atoms with Crippen LogP contribution in [0.1, 0.15) is 16.8 Å². The van der Waals surface area contributed by atoms with E-state index in [1.807, 2.05) is 31.2 Å². The average molecular weight is 454 g/mol. The zero-order valence-electron chi connectivity index (χ0n) is 17.2. The quantitative estimate of drug-likeness (QED) is 0.282. The Morgan fingerprint density at radius 2 is 1.97 bits per heavy atom. The van der Waals surface area contributed by atoms with Gasteiger partial charge >= 0.3 is 12.1 Å². The third kappa shape index (κ3) is 5.50. The maximum Gasteiger partial charge on any atom is 0.416 e. The molecule has 0 atom stereocenters. The normalized spacial score (nSPS) is 12.1. The van der Waals surface area contributed by atoms with E-state index >= 15 is 0 Å². The molecule has 0 radical (unpaired) electrons. The van der Waals surface area contributed by atoms with Crippen molar-refractivity contribution in [3.63, 3.8) is 0 Å². The summed E-state index contributed by atoms with van der Waals surface area (Å²) in [5.74, 6) is -0.0897. The summed E-state index contributed by atoms with van der Waals surface area (Å²) in [4.78, 5) is 11.9. The molecule has 2 heterocycles. The van der Waals surface area contributed by atoms with Crippen LogP contribution in [0.25, 0.3) is 11.1 Å². The smallest absolute Gasteiger partial charge is 0.416 e. The standard InChI is InChI=1S/C22H17F3N6O2/c1-14-19(10-26-13-27-14)16-7-5-15(6-8-16)11-31-12-20(33-30-31)29-21(32)28-18-4-2-3-17(9-18)22(23,24)25/h2-10,12-13H,11H2,1H3,(H-,28,29,30,32). The summed E-state index contributed by atoms with van der Waals surface area (Å²) in [7, 11) is 0. The minimum absolute atomic E-state index is 0.0369. The maximum absolute atomic E-state index is 12.8. The van der Waals surface area contributed by atoms with E-state index in [1.54, 1.807) is 6.20 Å². The number of nitrogens with one attached hydrogen (secondary N) is 1. The molecule has 2 aromatic carbocycles. The molecule has 4 aromatic rings. The monoisotopic (exact) mass is 454 g/mol. The molecule has 0 aliphatic rings. The number of rotatable bonds is 5. The zero-order chi connectivity index (χ0) is 23.4. The Morgan fingerprint density at radius 3 is 2.70 bits per heavy atom. The lowest BCUT2D eigenvalue weighted by molar-refractivity contribution is -0.754. The van der Waals surface area contributed by atoms with Crippen molar-refractivity contribution < 1.29 is 27.5 Å². The Balaban J connectivity index is 1.42. The van der Waals surface area contributed by atoms with Crippen LogP contribution in [0.4, 0.5) is 24.7 Å². The molecule has 168 valence electrons. The van der Waals surface area contributed by atoms with Crippen molar-refractivity contribution >= 4 is 17.6 Å². The summed E-state index contributed by atoms with van der Waals surface area (Å²) in [5.41, 5.74) is 2.80. The number of hydrogen-bond donors (Lipinski definition) is 1. The fraction of sp³-hybridized carbons (Fsp3) is 0.136. The zero-order valence-corrected chi connectivity index (χ0v) is 17.2. The number of aliphatic imine (C=N–C) groups is 1. The molecule has 0 spiro atoms. The van der Waals surface area contributed by atoms with Crippen molar-refractivity contribution in [2.75, 3.05) is 5.32 Å². The molecule has 8 nitrogen and oxygen atoms in total. The fourth-order valence-corrected chi connectivity index (χ4v) is 3.07. The lowest BCUT2D eigenvalue weighted by Gasteiger charge is -2.14. The Kier molecular flexibility index (Phi) is 6.03. The third-order valence-electron chi connectivity index (χ3n) is 4.67. The minimum Gasteiger partial charge on any atom is -0.846 e. The van der Waals surface area contributed by atoms with Gasteiger partial charge in [-0.25, -0.2) is 15.0 Å². The topological polar surface area (TPSA) is 103 Å². The van der Waals surface area contributed by atoms with Gasteiger partial charge in [-0.3, -0.25) is 4.52 Å². The van der Waals surface area contributed by atoms with Crippen molar-refractivity contribution in [2.45, 2.75) is 19.6 Å². The Labute approximate surface area is 186 Å². The van der Waals surface area contributed by atoms with Gasteiger partial charge in [0, 0.05) is 28.7 Å². The lowest BCUT2D eigenvalue weighted by Crippen LogP contribution is -2.35. The fourth-order valence-electron chi connectivity index (χ4n) is 3.07.